The number of amides is 1. The van der Waals surface area contributed by atoms with Crippen molar-refractivity contribution in [3.63, 3.8) is 0 Å². The number of nitrogens with zero attached hydrogens (tertiary/aromatic N) is 3. The average Bonchev–Trinajstić information content (AvgIpc) is 3.04. The SMILES string of the molecule is CN=C(NCC(=O)N(C)C)NCc1coc(-c2ccc(C)cc2)n1. The van der Waals surface area contributed by atoms with E-state index in [0.29, 0.717) is 18.4 Å². The van der Waals surface area contributed by atoms with Gasteiger partial charge in [-0.1, -0.05) is 17.7 Å². The summed E-state index contributed by atoms with van der Waals surface area (Å²) in [6.45, 7) is 2.67. The molecule has 1 aromatic carbocycles. The Morgan fingerprint density at radius 3 is 2.58 bits per heavy atom. The average molecular weight is 329 g/mol. The van der Waals surface area contributed by atoms with Gasteiger partial charge in [-0.15, -0.1) is 0 Å². The number of guanidine groups is 1. The van der Waals surface area contributed by atoms with Crippen molar-refractivity contribution in [1.29, 1.82) is 0 Å². The molecule has 1 amide bonds. The number of aliphatic imine (C=N–C) groups is 1. The minimum atomic E-state index is -0.0268. The summed E-state index contributed by atoms with van der Waals surface area (Å²) in [7, 11) is 5.07. The van der Waals surface area contributed by atoms with Crippen molar-refractivity contribution in [3.8, 4) is 11.5 Å². The van der Waals surface area contributed by atoms with Crippen molar-refractivity contribution < 1.29 is 9.21 Å². The van der Waals surface area contributed by atoms with Crippen LogP contribution >= 0.6 is 0 Å². The molecule has 24 heavy (non-hydrogen) atoms. The molecule has 2 aromatic rings. The highest BCUT2D eigenvalue weighted by Crippen LogP contribution is 2.18. The second kappa shape index (κ2) is 8.14. The first-order chi connectivity index (χ1) is 11.5. The molecule has 7 heteroatoms. The molecule has 0 bridgehead atoms. The van der Waals surface area contributed by atoms with Crippen LogP contribution in [0.2, 0.25) is 0 Å². The molecule has 1 aromatic heterocycles. The maximum Gasteiger partial charge on any atom is 0.241 e. The molecule has 0 radical (unpaired) electrons. The van der Waals surface area contributed by atoms with Gasteiger partial charge in [-0.25, -0.2) is 4.98 Å². The number of likely N-dealkylation sites (N-methyl/N-ethyl adjacent to an activating group) is 1. The van der Waals surface area contributed by atoms with Crippen LogP contribution in [0.3, 0.4) is 0 Å². The van der Waals surface area contributed by atoms with E-state index in [1.54, 1.807) is 27.4 Å². The Morgan fingerprint density at radius 1 is 1.25 bits per heavy atom. The van der Waals surface area contributed by atoms with Crippen molar-refractivity contribution in [1.82, 2.24) is 20.5 Å². The van der Waals surface area contributed by atoms with Crippen LogP contribution in [0.15, 0.2) is 39.9 Å². The van der Waals surface area contributed by atoms with Gasteiger partial charge in [0.1, 0.15) is 6.26 Å². The first kappa shape index (κ1) is 17.5. The molecule has 0 aliphatic rings. The van der Waals surface area contributed by atoms with Gasteiger partial charge in [-0.05, 0) is 19.1 Å². The van der Waals surface area contributed by atoms with E-state index >= 15 is 0 Å². The first-order valence-corrected chi connectivity index (χ1v) is 7.65. The third-order valence-electron chi connectivity index (χ3n) is 3.42. The fourth-order valence-corrected chi connectivity index (χ4v) is 1.93. The standard InChI is InChI=1S/C17H23N5O2/c1-12-5-7-13(8-6-12)16-21-14(11-24-16)9-19-17(18-2)20-10-15(23)22(3)4/h5-8,11H,9-10H2,1-4H3,(H2,18,19,20). The number of nitrogens with one attached hydrogen (secondary N) is 2. The molecule has 7 nitrogen and oxygen atoms in total. The molecular formula is C17H23N5O2. The Hall–Kier alpha value is -2.83. The first-order valence-electron chi connectivity index (χ1n) is 7.65. The van der Waals surface area contributed by atoms with Crippen LogP contribution in [0.1, 0.15) is 11.3 Å². The topological polar surface area (TPSA) is 82.8 Å². The van der Waals surface area contributed by atoms with Crippen LogP contribution in [0.5, 0.6) is 0 Å². The summed E-state index contributed by atoms with van der Waals surface area (Å²) < 4.78 is 5.51. The smallest absolute Gasteiger partial charge is 0.241 e. The minimum Gasteiger partial charge on any atom is -0.444 e. The third-order valence-corrected chi connectivity index (χ3v) is 3.42. The fourth-order valence-electron chi connectivity index (χ4n) is 1.93. The van der Waals surface area contributed by atoms with Crippen molar-refractivity contribution in [3.05, 3.63) is 41.8 Å². The predicted octanol–water partition coefficient (Wildman–Crippen LogP) is 1.40. The number of carbonyl (C=O) groups is 1. The van der Waals surface area contributed by atoms with Gasteiger partial charge >= 0.3 is 0 Å². The maximum absolute atomic E-state index is 11.6. The number of aromatic nitrogens is 1. The Bertz CT molecular complexity index is 704. The highest BCUT2D eigenvalue weighted by molar-refractivity contribution is 5.86. The highest BCUT2D eigenvalue weighted by atomic mass is 16.3. The summed E-state index contributed by atoms with van der Waals surface area (Å²) in [5, 5.41) is 6.05. The van der Waals surface area contributed by atoms with E-state index in [4.69, 9.17) is 4.42 Å². The lowest BCUT2D eigenvalue weighted by Crippen LogP contribution is -2.42. The summed E-state index contributed by atoms with van der Waals surface area (Å²) >= 11 is 0. The van der Waals surface area contributed by atoms with Gasteiger partial charge in [0.25, 0.3) is 0 Å². The van der Waals surface area contributed by atoms with E-state index in [-0.39, 0.29) is 12.5 Å². The van der Waals surface area contributed by atoms with Crippen LogP contribution in [0.4, 0.5) is 0 Å². The summed E-state index contributed by atoms with van der Waals surface area (Å²) in [6.07, 6.45) is 1.61. The van der Waals surface area contributed by atoms with E-state index in [2.05, 4.69) is 20.6 Å². The second-order valence-electron chi connectivity index (χ2n) is 5.58. The van der Waals surface area contributed by atoms with Crippen LogP contribution < -0.4 is 10.6 Å². The molecule has 2 rings (SSSR count). The Kier molecular flexibility index (Phi) is 5.95. The minimum absolute atomic E-state index is 0.0268. The Morgan fingerprint density at radius 2 is 1.96 bits per heavy atom. The van der Waals surface area contributed by atoms with E-state index in [1.165, 1.54) is 10.5 Å². The lowest BCUT2D eigenvalue weighted by molar-refractivity contribution is -0.127. The molecule has 0 saturated heterocycles. The molecule has 0 unspecified atom stereocenters. The number of aryl methyl sites for hydroxylation is 1. The van der Waals surface area contributed by atoms with Crippen molar-refractivity contribution in [2.24, 2.45) is 4.99 Å². The van der Waals surface area contributed by atoms with Gasteiger partial charge < -0.3 is 20.0 Å². The molecule has 0 aliphatic carbocycles. The summed E-state index contributed by atoms with van der Waals surface area (Å²) in [5.74, 6) is 1.09. The second-order valence-corrected chi connectivity index (χ2v) is 5.58. The van der Waals surface area contributed by atoms with Gasteiger partial charge in [0, 0.05) is 26.7 Å². The number of carbonyl (C=O) groups excluding carboxylic acids is 1. The third kappa shape index (κ3) is 4.84. The molecule has 0 spiro atoms. The summed E-state index contributed by atoms with van der Waals surface area (Å²) in [5.41, 5.74) is 2.88. The van der Waals surface area contributed by atoms with E-state index < -0.39 is 0 Å². The number of oxazole rings is 1. The number of hydrogen-bond acceptors (Lipinski definition) is 4. The van der Waals surface area contributed by atoms with Crippen molar-refractivity contribution in [2.75, 3.05) is 27.7 Å². The summed E-state index contributed by atoms with van der Waals surface area (Å²) in [4.78, 5) is 21.6. The molecule has 0 saturated carbocycles. The molecule has 1 heterocycles. The number of benzene rings is 1. The van der Waals surface area contributed by atoms with Crippen molar-refractivity contribution in [2.45, 2.75) is 13.5 Å². The van der Waals surface area contributed by atoms with Crippen LogP contribution in [-0.2, 0) is 11.3 Å². The van der Waals surface area contributed by atoms with Crippen LogP contribution in [-0.4, -0.2) is 49.4 Å². The molecule has 2 N–H and O–H groups in total. The fraction of sp³-hybridized carbons (Fsp3) is 0.353. The largest absolute Gasteiger partial charge is 0.444 e. The maximum atomic E-state index is 11.6. The van der Waals surface area contributed by atoms with Gasteiger partial charge in [0.2, 0.25) is 11.8 Å². The van der Waals surface area contributed by atoms with E-state index in [0.717, 1.165) is 11.3 Å². The lowest BCUT2D eigenvalue weighted by atomic mass is 10.1. The highest BCUT2D eigenvalue weighted by Gasteiger charge is 2.08. The monoisotopic (exact) mass is 329 g/mol. The molecule has 0 fully saturated rings. The normalized spacial score (nSPS) is 11.2. The van der Waals surface area contributed by atoms with E-state index in [1.807, 2.05) is 31.2 Å². The molecular weight excluding hydrogens is 306 g/mol. The van der Waals surface area contributed by atoms with Gasteiger partial charge in [0.05, 0.1) is 18.8 Å². The predicted molar refractivity (Wildman–Crippen MR) is 93.6 cm³/mol. The van der Waals surface area contributed by atoms with Crippen LogP contribution in [0, 0.1) is 6.92 Å². The zero-order valence-electron chi connectivity index (χ0n) is 14.5. The molecule has 128 valence electrons. The van der Waals surface area contributed by atoms with Crippen molar-refractivity contribution >= 4 is 11.9 Å². The quantitative estimate of drug-likeness (QED) is 0.640. The number of rotatable bonds is 5. The van der Waals surface area contributed by atoms with Gasteiger partial charge in [0.15, 0.2) is 5.96 Å². The van der Waals surface area contributed by atoms with Gasteiger partial charge in [-0.2, -0.15) is 0 Å². The molecule has 0 aliphatic heterocycles. The Labute approximate surface area is 141 Å². The van der Waals surface area contributed by atoms with Gasteiger partial charge in [-0.3, -0.25) is 9.79 Å². The zero-order valence-corrected chi connectivity index (χ0v) is 14.5. The summed E-state index contributed by atoms with van der Waals surface area (Å²) in [6, 6.07) is 7.99. The zero-order chi connectivity index (χ0) is 17.5. The molecule has 0 atom stereocenters. The van der Waals surface area contributed by atoms with E-state index in [9.17, 15) is 4.79 Å². The lowest BCUT2D eigenvalue weighted by Gasteiger charge is -2.13. The Balaban J connectivity index is 1.90. The number of hydrogen-bond donors (Lipinski definition) is 2. The van der Waals surface area contributed by atoms with Crippen LogP contribution in [0.25, 0.3) is 11.5 Å².